The summed E-state index contributed by atoms with van der Waals surface area (Å²) in [5, 5.41) is 12.8. The molecule has 2 aromatic heterocycles. The summed E-state index contributed by atoms with van der Waals surface area (Å²) in [7, 11) is 0. The van der Waals surface area contributed by atoms with E-state index in [0.717, 1.165) is 35.6 Å². The summed E-state index contributed by atoms with van der Waals surface area (Å²) in [5.41, 5.74) is 2.41. The van der Waals surface area contributed by atoms with Crippen molar-refractivity contribution in [2.75, 3.05) is 10.3 Å². The zero-order valence-electron chi connectivity index (χ0n) is 16.3. The largest absolute Gasteiger partial charge is 0.478 e. The molecule has 0 amide bonds. The highest BCUT2D eigenvalue weighted by Crippen LogP contribution is 2.33. The molecular formula is C20H13F5N6O2. The quantitative estimate of drug-likeness (QED) is 0.487. The molecule has 1 aromatic carbocycles. The molecule has 0 radical (unpaired) electrons. The molecule has 13 heteroatoms. The molecule has 0 aliphatic carbocycles. The molecule has 0 spiro atoms. The van der Waals surface area contributed by atoms with Gasteiger partial charge in [0.05, 0.1) is 5.56 Å². The first-order valence-corrected chi connectivity index (χ1v) is 9.19. The van der Waals surface area contributed by atoms with E-state index >= 15 is 0 Å². The lowest BCUT2D eigenvalue weighted by molar-refractivity contribution is -0.142. The predicted octanol–water partition coefficient (Wildman–Crippen LogP) is 4.03. The minimum Gasteiger partial charge on any atom is -0.478 e. The van der Waals surface area contributed by atoms with E-state index in [1.165, 1.54) is 18.5 Å². The van der Waals surface area contributed by atoms with Crippen LogP contribution in [0, 0.1) is 11.6 Å². The van der Waals surface area contributed by atoms with Gasteiger partial charge in [-0.1, -0.05) is 0 Å². The third kappa shape index (κ3) is 4.87. The molecule has 8 nitrogen and oxygen atoms in total. The summed E-state index contributed by atoms with van der Waals surface area (Å²) in [4.78, 5) is 23.4. The Balaban J connectivity index is 1.76. The summed E-state index contributed by atoms with van der Waals surface area (Å²) in [6.45, 7) is 0. The van der Waals surface area contributed by atoms with Gasteiger partial charge in [0.25, 0.3) is 0 Å². The molecule has 1 aliphatic heterocycles. The molecule has 0 fully saturated rings. The molecule has 1 unspecified atom stereocenters. The van der Waals surface area contributed by atoms with Crippen molar-refractivity contribution in [1.82, 2.24) is 20.4 Å². The molecule has 1 aliphatic rings. The Labute approximate surface area is 182 Å². The van der Waals surface area contributed by atoms with Crippen LogP contribution in [-0.4, -0.2) is 38.2 Å². The fourth-order valence-corrected chi connectivity index (χ4v) is 3.00. The van der Waals surface area contributed by atoms with Gasteiger partial charge in [0.1, 0.15) is 17.7 Å². The number of halogens is 5. The number of pyridine rings is 1. The number of hydrazine groups is 1. The lowest BCUT2D eigenvalue weighted by Gasteiger charge is -2.23. The van der Waals surface area contributed by atoms with Gasteiger partial charge >= 0.3 is 12.1 Å². The molecule has 3 aromatic rings. The number of hydrogen-bond donors (Lipinski definition) is 3. The van der Waals surface area contributed by atoms with Gasteiger partial charge in [-0.25, -0.2) is 24.0 Å². The van der Waals surface area contributed by atoms with Crippen LogP contribution in [0.25, 0.3) is 11.1 Å². The molecule has 1 atom stereocenters. The summed E-state index contributed by atoms with van der Waals surface area (Å²) in [5.74, 6) is -3.23. The van der Waals surface area contributed by atoms with E-state index in [9.17, 15) is 31.9 Å². The highest BCUT2D eigenvalue weighted by atomic mass is 19.4. The van der Waals surface area contributed by atoms with E-state index in [1.54, 1.807) is 0 Å². The van der Waals surface area contributed by atoms with Crippen LogP contribution in [0.15, 0.2) is 55.1 Å². The number of anilines is 3. The molecule has 3 heterocycles. The Morgan fingerprint density at radius 3 is 2.45 bits per heavy atom. The summed E-state index contributed by atoms with van der Waals surface area (Å²) >= 11 is 0. The standard InChI is InChI=1S/C20H13F5N6O2/c21-12-4-13(22)6-14(5-12)28-19-27-9-15(10-3-11(18(32)33)8-26-7-10)17(29-19)31-2-1-16(30-31)20(23,24)25/h1-9,16,30H,(H,32,33)(H,27,28,29). The van der Waals surface area contributed by atoms with Gasteiger partial charge in [0, 0.05) is 47.7 Å². The molecule has 0 saturated heterocycles. The van der Waals surface area contributed by atoms with E-state index in [4.69, 9.17) is 0 Å². The van der Waals surface area contributed by atoms with Crippen molar-refractivity contribution in [2.24, 2.45) is 0 Å². The summed E-state index contributed by atoms with van der Waals surface area (Å²) in [6, 6.07) is 1.90. The zero-order chi connectivity index (χ0) is 23.8. The van der Waals surface area contributed by atoms with Crippen LogP contribution >= 0.6 is 0 Å². The van der Waals surface area contributed by atoms with E-state index in [1.807, 2.05) is 0 Å². The second-order valence-electron chi connectivity index (χ2n) is 6.84. The molecule has 33 heavy (non-hydrogen) atoms. The normalized spacial score (nSPS) is 15.7. The number of benzene rings is 1. The fraction of sp³-hybridized carbons (Fsp3) is 0.100. The molecule has 3 N–H and O–H groups in total. The average molecular weight is 464 g/mol. The first-order valence-electron chi connectivity index (χ1n) is 9.19. The van der Waals surface area contributed by atoms with E-state index in [0.29, 0.717) is 6.07 Å². The maximum atomic E-state index is 13.5. The van der Waals surface area contributed by atoms with Gasteiger partial charge in [-0.15, -0.1) is 0 Å². The van der Waals surface area contributed by atoms with E-state index in [-0.39, 0.29) is 34.1 Å². The van der Waals surface area contributed by atoms with Gasteiger partial charge < -0.3 is 10.4 Å². The van der Waals surface area contributed by atoms with Gasteiger partial charge in [-0.2, -0.15) is 18.2 Å². The van der Waals surface area contributed by atoms with Crippen molar-refractivity contribution >= 4 is 23.4 Å². The number of carbonyl (C=O) groups is 1. The number of aromatic carboxylic acids is 1. The number of alkyl halides is 3. The van der Waals surface area contributed by atoms with Crippen LogP contribution in [-0.2, 0) is 0 Å². The smallest absolute Gasteiger partial charge is 0.409 e. The minimum atomic E-state index is -4.58. The lowest BCUT2D eigenvalue weighted by atomic mass is 10.1. The van der Waals surface area contributed by atoms with Gasteiger partial charge in [0.2, 0.25) is 5.95 Å². The molecular weight excluding hydrogens is 451 g/mol. The topological polar surface area (TPSA) is 103 Å². The van der Waals surface area contributed by atoms with E-state index in [2.05, 4.69) is 25.7 Å². The van der Waals surface area contributed by atoms with Crippen molar-refractivity contribution in [2.45, 2.75) is 12.2 Å². The Kier molecular flexibility index (Phi) is 5.64. The Bertz CT molecular complexity index is 1230. The highest BCUT2D eigenvalue weighted by molar-refractivity contribution is 5.89. The van der Waals surface area contributed by atoms with Crippen molar-refractivity contribution in [3.63, 3.8) is 0 Å². The lowest BCUT2D eigenvalue weighted by Crippen LogP contribution is -2.44. The number of aromatic nitrogens is 3. The number of rotatable bonds is 5. The number of nitrogens with zero attached hydrogens (tertiary/aromatic N) is 4. The Morgan fingerprint density at radius 1 is 1.09 bits per heavy atom. The zero-order valence-corrected chi connectivity index (χ0v) is 16.3. The van der Waals surface area contributed by atoms with Crippen LogP contribution < -0.4 is 15.8 Å². The van der Waals surface area contributed by atoms with Crippen LogP contribution in [0.1, 0.15) is 10.4 Å². The predicted molar refractivity (Wildman–Crippen MR) is 106 cm³/mol. The van der Waals surface area contributed by atoms with Crippen molar-refractivity contribution in [1.29, 1.82) is 0 Å². The third-order valence-electron chi connectivity index (χ3n) is 4.47. The van der Waals surface area contributed by atoms with Crippen LogP contribution in [0.5, 0.6) is 0 Å². The molecule has 0 saturated carbocycles. The second-order valence-corrected chi connectivity index (χ2v) is 6.84. The van der Waals surface area contributed by atoms with Crippen molar-refractivity contribution < 1.29 is 31.9 Å². The summed E-state index contributed by atoms with van der Waals surface area (Å²) in [6.07, 6.45) is 1.01. The SMILES string of the molecule is O=C(O)c1cncc(-c2cnc(Nc3cc(F)cc(F)c3)nc2N2C=CC(C(F)(F)F)N2)c1. The first-order chi connectivity index (χ1) is 15.6. The monoisotopic (exact) mass is 464 g/mol. The minimum absolute atomic E-state index is 0.0289. The average Bonchev–Trinajstić information content (AvgIpc) is 3.24. The molecule has 0 bridgehead atoms. The third-order valence-corrected chi connectivity index (χ3v) is 4.47. The Hall–Kier alpha value is -4.13. The molecule has 170 valence electrons. The number of nitrogens with one attached hydrogen (secondary N) is 2. The highest BCUT2D eigenvalue weighted by Gasteiger charge is 2.41. The van der Waals surface area contributed by atoms with Gasteiger partial charge in [-0.3, -0.25) is 9.99 Å². The van der Waals surface area contributed by atoms with Crippen molar-refractivity contribution in [3.8, 4) is 11.1 Å². The summed E-state index contributed by atoms with van der Waals surface area (Å²) < 4.78 is 66.4. The fourth-order valence-electron chi connectivity index (χ4n) is 3.00. The molecule has 4 rings (SSSR count). The first kappa shape index (κ1) is 22.1. The number of carboxylic acid groups (broad SMARTS) is 1. The van der Waals surface area contributed by atoms with Crippen LogP contribution in [0.3, 0.4) is 0 Å². The van der Waals surface area contributed by atoms with E-state index < -0.39 is 29.8 Å². The van der Waals surface area contributed by atoms with Crippen molar-refractivity contribution in [3.05, 3.63) is 72.3 Å². The number of hydrogen-bond acceptors (Lipinski definition) is 7. The maximum absolute atomic E-state index is 13.5. The van der Waals surface area contributed by atoms with Gasteiger partial charge in [0.15, 0.2) is 5.82 Å². The number of carboxylic acids is 1. The van der Waals surface area contributed by atoms with Crippen LogP contribution in [0.4, 0.5) is 39.4 Å². The Morgan fingerprint density at radius 2 is 1.82 bits per heavy atom. The van der Waals surface area contributed by atoms with Crippen LogP contribution in [0.2, 0.25) is 0 Å². The maximum Gasteiger partial charge on any atom is 0.409 e. The second kappa shape index (κ2) is 8.43. The van der Waals surface area contributed by atoms with Gasteiger partial charge in [-0.05, 0) is 24.3 Å².